The van der Waals surface area contributed by atoms with Gasteiger partial charge < -0.3 is 10.5 Å². The molecule has 2 nitrogen and oxygen atoms in total. The molecule has 0 saturated carbocycles. The van der Waals surface area contributed by atoms with E-state index in [2.05, 4.69) is 0 Å². The first-order chi connectivity index (χ1) is 9.54. The van der Waals surface area contributed by atoms with E-state index in [4.69, 9.17) is 33.7 Å². The first kappa shape index (κ1) is 13.7. The summed E-state index contributed by atoms with van der Waals surface area (Å²) in [6.45, 7) is 0. The van der Waals surface area contributed by atoms with Gasteiger partial charge in [-0.25, -0.2) is 4.39 Å². The summed E-state index contributed by atoms with van der Waals surface area (Å²) in [5, 5.41) is 1.14. The Morgan fingerprint density at radius 3 is 2.70 bits per heavy atom. The van der Waals surface area contributed by atoms with Gasteiger partial charge in [-0.15, -0.1) is 0 Å². The fraction of sp³-hybridized carbons (Fsp3) is 0.200. The van der Waals surface area contributed by atoms with E-state index < -0.39 is 0 Å². The summed E-state index contributed by atoms with van der Waals surface area (Å²) in [5.74, 6) is 0.110. The average molecular weight is 312 g/mol. The lowest BCUT2D eigenvalue weighted by molar-refractivity contribution is 0.161. The Kier molecular flexibility index (Phi) is 3.59. The molecule has 20 heavy (non-hydrogen) atoms. The van der Waals surface area contributed by atoms with Gasteiger partial charge in [-0.05, 0) is 24.3 Å². The van der Waals surface area contributed by atoms with Crippen LogP contribution in [0.5, 0.6) is 5.75 Å². The zero-order valence-electron chi connectivity index (χ0n) is 10.4. The number of rotatable bonds is 1. The lowest BCUT2D eigenvalue weighted by Crippen LogP contribution is -2.24. The second-order valence-corrected chi connectivity index (χ2v) is 5.64. The Morgan fingerprint density at radius 2 is 1.90 bits per heavy atom. The standard InChI is InChI=1S/C15H12Cl2FNO/c16-8-1-4-12(17)11(5-8)15-7-13(19)10-3-2-9(18)6-14(10)20-15/h1-6,13,15H,7,19H2/t13-,15?/m1/s1. The van der Waals surface area contributed by atoms with E-state index in [1.54, 1.807) is 24.3 Å². The number of nitrogens with two attached hydrogens (primary N) is 1. The minimum Gasteiger partial charge on any atom is -0.485 e. The summed E-state index contributed by atoms with van der Waals surface area (Å²) in [4.78, 5) is 0. The van der Waals surface area contributed by atoms with Crippen LogP contribution in [-0.2, 0) is 0 Å². The molecule has 0 aliphatic carbocycles. The van der Waals surface area contributed by atoms with Crippen LogP contribution in [0, 0.1) is 5.82 Å². The Bertz CT molecular complexity index is 662. The lowest BCUT2D eigenvalue weighted by Gasteiger charge is -2.31. The second kappa shape index (κ2) is 5.24. The molecule has 5 heteroatoms. The maximum atomic E-state index is 13.3. The molecule has 0 aromatic heterocycles. The fourth-order valence-electron chi connectivity index (χ4n) is 2.43. The van der Waals surface area contributed by atoms with Crippen LogP contribution in [0.15, 0.2) is 36.4 Å². The van der Waals surface area contributed by atoms with Crippen LogP contribution < -0.4 is 10.5 Å². The highest BCUT2D eigenvalue weighted by Crippen LogP contribution is 2.42. The van der Waals surface area contributed by atoms with Gasteiger partial charge in [0.1, 0.15) is 17.7 Å². The summed E-state index contributed by atoms with van der Waals surface area (Å²) >= 11 is 12.2. The highest BCUT2D eigenvalue weighted by molar-refractivity contribution is 6.33. The molecule has 0 bridgehead atoms. The van der Waals surface area contributed by atoms with E-state index in [1.165, 1.54) is 12.1 Å². The minimum absolute atomic E-state index is 0.223. The molecule has 0 spiro atoms. The van der Waals surface area contributed by atoms with Gasteiger partial charge in [0, 0.05) is 39.7 Å². The number of ether oxygens (including phenoxy) is 1. The molecule has 0 amide bonds. The van der Waals surface area contributed by atoms with Crippen LogP contribution in [-0.4, -0.2) is 0 Å². The molecule has 2 aromatic carbocycles. The van der Waals surface area contributed by atoms with Crippen molar-refractivity contribution in [2.75, 3.05) is 0 Å². The van der Waals surface area contributed by atoms with Gasteiger partial charge in [0.25, 0.3) is 0 Å². The van der Waals surface area contributed by atoms with E-state index in [-0.39, 0.29) is 18.0 Å². The van der Waals surface area contributed by atoms with Crippen LogP contribution in [0.25, 0.3) is 0 Å². The number of benzene rings is 2. The Balaban J connectivity index is 2.00. The predicted octanol–water partition coefficient (Wildman–Crippen LogP) is 4.66. The van der Waals surface area contributed by atoms with Gasteiger partial charge in [0.2, 0.25) is 0 Å². The van der Waals surface area contributed by atoms with E-state index in [1.807, 2.05) is 0 Å². The van der Waals surface area contributed by atoms with Gasteiger partial charge in [0.05, 0.1) is 0 Å². The maximum absolute atomic E-state index is 13.3. The lowest BCUT2D eigenvalue weighted by atomic mass is 9.93. The molecule has 3 rings (SSSR count). The van der Waals surface area contributed by atoms with Crippen molar-refractivity contribution >= 4 is 23.2 Å². The van der Waals surface area contributed by atoms with Crippen molar-refractivity contribution in [2.45, 2.75) is 18.6 Å². The van der Waals surface area contributed by atoms with Crippen LogP contribution >= 0.6 is 23.2 Å². The summed E-state index contributed by atoms with van der Waals surface area (Å²) in [5.41, 5.74) is 7.71. The zero-order chi connectivity index (χ0) is 14.3. The highest BCUT2D eigenvalue weighted by Gasteiger charge is 2.28. The topological polar surface area (TPSA) is 35.2 Å². The van der Waals surface area contributed by atoms with Crippen LogP contribution in [0.1, 0.15) is 29.7 Å². The van der Waals surface area contributed by atoms with Crippen molar-refractivity contribution in [3.63, 3.8) is 0 Å². The van der Waals surface area contributed by atoms with Gasteiger partial charge in [0.15, 0.2) is 0 Å². The van der Waals surface area contributed by atoms with E-state index in [0.717, 1.165) is 11.1 Å². The molecule has 1 unspecified atom stereocenters. The first-order valence-corrected chi connectivity index (χ1v) is 6.97. The Hall–Kier alpha value is -1.29. The van der Waals surface area contributed by atoms with Crippen LogP contribution in [0.3, 0.4) is 0 Å². The summed E-state index contributed by atoms with van der Waals surface area (Å²) in [6.07, 6.45) is 0.240. The third kappa shape index (κ3) is 2.49. The third-order valence-electron chi connectivity index (χ3n) is 3.42. The number of halogens is 3. The molecule has 1 heterocycles. The molecule has 0 saturated heterocycles. The van der Waals surface area contributed by atoms with Crippen LogP contribution in [0.4, 0.5) is 4.39 Å². The Labute approximate surface area is 126 Å². The molecular weight excluding hydrogens is 300 g/mol. The quantitative estimate of drug-likeness (QED) is 0.831. The summed E-state index contributed by atoms with van der Waals surface area (Å²) in [6, 6.07) is 9.35. The SMILES string of the molecule is N[C@@H]1CC(c2cc(Cl)ccc2Cl)Oc2cc(F)ccc21. The molecule has 1 aliphatic heterocycles. The van der Waals surface area contributed by atoms with Crippen molar-refractivity contribution in [1.29, 1.82) is 0 Å². The molecule has 2 aromatic rings. The molecule has 0 radical (unpaired) electrons. The normalized spacial score (nSPS) is 21.2. The fourth-order valence-corrected chi connectivity index (χ4v) is 2.85. The monoisotopic (exact) mass is 311 g/mol. The maximum Gasteiger partial charge on any atom is 0.127 e. The van der Waals surface area contributed by atoms with Crippen molar-refractivity contribution in [3.8, 4) is 5.75 Å². The predicted molar refractivity (Wildman–Crippen MR) is 77.8 cm³/mol. The smallest absolute Gasteiger partial charge is 0.127 e. The minimum atomic E-state index is -0.353. The van der Waals surface area contributed by atoms with Crippen LogP contribution in [0.2, 0.25) is 10.0 Å². The second-order valence-electron chi connectivity index (χ2n) is 4.80. The average Bonchev–Trinajstić information content (AvgIpc) is 2.41. The van der Waals surface area contributed by atoms with Crippen molar-refractivity contribution < 1.29 is 9.13 Å². The summed E-state index contributed by atoms with van der Waals surface area (Å²) in [7, 11) is 0. The molecule has 2 atom stereocenters. The molecule has 2 N–H and O–H groups in total. The van der Waals surface area contributed by atoms with Gasteiger partial charge in [-0.1, -0.05) is 29.3 Å². The highest BCUT2D eigenvalue weighted by atomic mass is 35.5. The number of fused-ring (bicyclic) bond motifs is 1. The largest absolute Gasteiger partial charge is 0.485 e. The Morgan fingerprint density at radius 1 is 1.10 bits per heavy atom. The number of hydrogen-bond acceptors (Lipinski definition) is 2. The van der Waals surface area contributed by atoms with Gasteiger partial charge in [-0.3, -0.25) is 0 Å². The van der Waals surface area contributed by atoms with E-state index in [9.17, 15) is 4.39 Å². The van der Waals surface area contributed by atoms with Crippen molar-refractivity contribution in [2.24, 2.45) is 5.73 Å². The van der Waals surface area contributed by atoms with Crippen molar-refractivity contribution in [1.82, 2.24) is 0 Å². The first-order valence-electron chi connectivity index (χ1n) is 6.21. The van der Waals surface area contributed by atoms with E-state index in [0.29, 0.717) is 22.2 Å². The molecule has 1 aliphatic rings. The molecular formula is C15H12Cl2FNO. The van der Waals surface area contributed by atoms with Gasteiger partial charge >= 0.3 is 0 Å². The zero-order valence-corrected chi connectivity index (χ0v) is 12.0. The number of hydrogen-bond donors (Lipinski definition) is 1. The molecule has 0 fully saturated rings. The third-order valence-corrected chi connectivity index (χ3v) is 4.00. The van der Waals surface area contributed by atoms with E-state index >= 15 is 0 Å². The molecule has 104 valence electrons. The van der Waals surface area contributed by atoms with Crippen molar-refractivity contribution in [3.05, 3.63) is 63.4 Å². The van der Waals surface area contributed by atoms with Gasteiger partial charge in [-0.2, -0.15) is 0 Å². The summed E-state index contributed by atoms with van der Waals surface area (Å²) < 4.78 is 19.2.